The first-order valence-electron chi connectivity index (χ1n) is 5.83. The molecular formula is C14H16N2OS. The van der Waals surface area contributed by atoms with Gasteiger partial charge in [-0.25, -0.2) is 0 Å². The molecule has 94 valence electrons. The highest BCUT2D eigenvalue weighted by molar-refractivity contribution is 7.80. The van der Waals surface area contributed by atoms with Gasteiger partial charge in [0.2, 0.25) is 0 Å². The molecule has 0 aliphatic rings. The van der Waals surface area contributed by atoms with Gasteiger partial charge in [-0.15, -0.1) is 0 Å². The highest BCUT2D eigenvalue weighted by atomic mass is 32.1. The molecule has 1 aromatic carbocycles. The van der Waals surface area contributed by atoms with Crippen LogP contribution >= 0.6 is 12.2 Å². The first kappa shape index (κ1) is 12.6. The van der Waals surface area contributed by atoms with E-state index >= 15 is 0 Å². The van der Waals surface area contributed by atoms with Crippen LogP contribution in [0.2, 0.25) is 0 Å². The third kappa shape index (κ3) is 3.34. The minimum atomic E-state index is 0.0467. The summed E-state index contributed by atoms with van der Waals surface area (Å²) in [7, 11) is 0. The Balaban J connectivity index is 1.91. The van der Waals surface area contributed by atoms with Gasteiger partial charge in [-0.2, -0.15) is 0 Å². The molecule has 0 radical (unpaired) electrons. The molecule has 4 heteroatoms. The minimum Gasteiger partial charge on any atom is -0.467 e. The fourth-order valence-corrected chi connectivity index (χ4v) is 1.90. The molecule has 0 amide bonds. The van der Waals surface area contributed by atoms with E-state index in [0.717, 1.165) is 11.4 Å². The predicted octanol–water partition coefficient (Wildman–Crippen LogP) is 3.64. The van der Waals surface area contributed by atoms with E-state index in [0.29, 0.717) is 5.11 Å². The summed E-state index contributed by atoms with van der Waals surface area (Å²) >= 11 is 5.26. The lowest BCUT2D eigenvalue weighted by Crippen LogP contribution is -2.30. The lowest BCUT2D eigenvalue weighted by atomic mass is 10.2. The number of nitrogens with one attached hydrogen (secondary N) is 2. The number of furan rings is 1. The van der Waals surface area contributed by atoms with Crippen LogP contribution in [-0.4, -0.2) is 5.11 Å². The van der Waals surface area contributed by atoms with E-state index in [1.807, 2.05) is 43.3 Å². The second kappa shape index (κ2) is 5.69. The van der Waals surface area contributed by atoms with Crippen LogP contribution < -0.4 is 10.6 Å². The van der Waals surface area contributed by atoms with Crippen LogP contribution in [0.3, 0.4) is 0 Å². The smallest absolute Gasteiger partial charge is 0.171 e. The predicted molar refractivity (Wildman–Crippen MR) is 77.7 cm³/mol. The van der Waals surface area contributed by atoms with Crippen LogP contribution in [0.4, 0.5) is 5.69 Å². The number of aryl methyl sites for hydroxylation is 1. The van der Waals surface area contributed by atoms with Crippen molar-refractivity contribution in [2.45, 2.75) is 19.9 Å². The zero-order chi connectivity index (χ0) is 13.0. The molecule has 0 saturated carbocycles. The lowest BCUT2D eigenvalue weighted by molar-refractivity contribution is 0.464. The van der Waals surface area contributed by atoms with Crippen LogP contribution in [0, 0.1) is 6.92 Å². The van der Waals surface area contributed by atoms with E-state index in [9.17, 15) is 0 Å². The van der Waals surface area contributed by atoms with Crippen molar-refractivity contribution < 1.29 is 4.42 Å². The van der Waals surface area contributed by atoms with Crippen LogP contribution in [0.25, 0.3) is 0 Å². The second-order valence-electron chi connectivity index (χ2n) is 4.20. The number of hydrogen-bond donors (Lipinski definition) is 2. The van der Waals surface area contributed by atoms with Gasteiger partial charge in [-0.3, -0.25) is 0 Å². The Kier molecular flexibility index (Phi) is 3.99. The number of anilines is 1. The van der Waals surface area contributed by atoms with Gasteiger partial charge in [0.05, 0.1) is 12.3 Å². The summed E-state index contributed by atoms with van der Waals surface area (Å²) in [5, 5.41) is 6.90. The maximum Gasteiger partial charge on any atom is 0.171 e. The molecule has 0 fully saturated rings. The maximum absolute atomic E-state index is 5.31. The van der Waals surface area contributed by atoms with E-state index in [1.165, 1.54) is 5.56 Å². The minimum absolute atomic E-state index is 0.0467. The first-order chi connectivity index (χ1) is 8.65. The summed E-state index contributed by atoms with van der Waals surface area (Å²) in [6.45, 7) is 4.06. The zero-order valence-corrected chi connectivity index (χ0v) is 11.3. The van der Waals surface area contributed by atoms with Gasteiger partial charge in [-0.1, -0.05) is 17.7 Å². The van der Waals surface area contributed by atoms with E-state index in [2.05, 4.69) is 17.6 Å². The van der Waals surface area contributed by atoms with Crippen molar-refractivity contribution in [2.75, 3.05) is 5.32 Å². The van der Waals surface area contributed by atoms with Gasteiger partial charge < -0.3 is 15.1 Å². The third-order valence-electron chi connectivity index (χ3n) is 2.63. The van der Waals surface area contributed by atoms with Crippen LogP contribution in [0.1, 0.15) is 24.3 Å². The fourth-order valence-electron chi connectivity index (χ4n) is 1.61. The lowest BCUT2D eigenvalue weighted by Gasteiger charge is -2.15. The molecule has 18 heavy (non-hydrogen) atoms. The number of rotatable bonds is 3. The fraction of sp³-hybridized carbons (Fsp3) is 0.214. The Bertz CT molecular complexity index is 505. The molecule has 0 unspecified atom stereocenters. The SMILES string of the molecule is Cc1ccc(NC(=S)N[C@H](C)c2ccco2)cc1. The quantitative estimate of drug-likeness (QED) is 0.826. The van der Waals surface area contributed by atoms with Crippen LogP contribution in [-0.2, 0) is 0 Å². The summed E-state index contributed by atoms with van der Waals surface area (Å²) in [4.78, 5) is 0. The molecule has 2 aromatic rings. The van der Waals surface area contributed by atoms with Crippen molar-refractivity contribution >= 4 is 23.0 Å². The van der Waals surface area contributed by atoms with Crippen molar-refractivity contribution in [2.24, 2.45) is 0 Å². The molecular weight excluding hydrogens is 244 g/mol. The molecule has 2 N–H and O–H groups in total. The van der Waals surface area contributed by atoms with E-state index in [1.54, 1.807) is 6.26 Å². The normalized spacial score (nSPS) is 11.9. The Morgan fingerprint density at radius 3 is 2.56 bits per heavy atom. The van der Waals surface area contributed by atoms with Gasteiger partial charge in [0, 0.05) is 5.69 Å². The third-order valence-corrected chi connectivity index (χ3v) is 2.85. The summed E-state index contributed by atoms with van der Waals surface area (Å²) < 4.78 is 5.31. The standard InChI is InChI=1S/C14H16N2OS/c1-10-5-7-12(8-6-10)16-14(18)15-11(2)13-4-3-9-17-13/h3-9,11H,1-2H3,(H2,15,16,18)/t11-/m1/s1. The average molecular weight is 260 g/mol. The number of thiocarbonyl (C=S) groups is 1. The first-order valence-corrected chi connectivity index (χ1v) is 6.23. The molecule has 0 aliphatic carbocycles. The Morgan fingerprint density at radius 1 is 1.22 bits per heavy atom. The van der Waals surface area contributed by atoms with Crippen molar-refractivity contribution in [3.63, 3.8) is 0 Å². The van der Waals surface area contributed by atoms with Crippen LogP contribution in [0.5, 0.6) is 0 Å². The monoisotopic (exact) mass is 260 g/mol. The van der Waals surface area contributed by atoms with E-state index < -0.39 is 0 Å². The molecule has 0 bridgehead atoms. The number of hydrogen-bond acceptors (Lipinski definition) is 2. The van der Waals surface area contributed by atoms with Crippen molar-refractivity contribution in [3.05, 3.63) is 54.0 Å². The van der Waals surface area contributed by atoms with Crippen LogP contribution in [0.15, 0.2) is 47.1 Å². The van der Waals surface area contributed by atoms with Crippen molar-refractivity contribution in [1.82, 2.24) is 5.32 Å². The number of benzene rings is 1. The molecule has 1 aromatic heterocycles. The summed E-state index contributed by atoms with van der Waals surface area (Å²) in [6, 6.07) is 11.9. The van der Waals surface area contributed by atoms with Gasteiger partial charge in [0.15, 0.2) is 5.11 Å². The highest BCUT2D eigenvalue weighted by Crippen LogP contribution is 2.13. The van der Waals surface area contributed by atoms with Crippen molar-refractivity contribution in [3.8, 4) is 0 Å². The topological polar surface area (TPSA) is 37.2 Å². The molecule has 0 spiro atoms. The molecule has 1 heterocycles. The molecule has 2 rings (SSSR count). The maximum atomic E-state index is 5.31. The summed E-state index contributed by atoms with van der Waals surface area (Å²) in [6.07, 6.45) is 1.66. The van der Waals surface area contributed by atoms with Gasteiger partial charge in [-0.05, 0) is 50.3 Å². The summed E-state index contributed by atoms with van der Waals surface area (Å²) in [5.74, 6) is 0.864. The summed E-state index contributed by atoms with van der Waals surface area (Å²) in [5.41, 5.74) is 2.20. The molecule has 0 saturated heterocycles. The Hall–Kier alpha value is -1.81. The van der Waals surface area contributed by atoms with Gasteiger partial charge >= 0.3 is 0 Å². The van der Waals surface area contributed by atoms with E-state index in [4.69, 9.17) is 16.6 Å². The average Bonchev–Trinajstić information content (AvgIpc) is 2.85. The second-order valence-corrected chi connectivity index (χ2v) is 4.61. The molecule has 1 atom stereocenters. The Morgan fingerprint density at radius 2 is 1.94 bits per heavy atom. The molecule has 0 aliphatic heterocycles. The van der Waals surface area contributed by atoms with Gasteiger partial charge in [0.25, 0.3) is 0 Å². The zero-order valence-electron chi connectivity index (χ0n) is 10.4. The molecule has 3 nitrogen and oxygen atoms in total. The highest BCUT2D eigenvalue weighted by Gasteiger charge is 2.09. The Labute approximate surface area is 112 Å². The van der Waals surface area contributed by atoms with Crippen molar-refractivity contribution in [1.29, 1.82) is 0 Å². The van der Waals surface area contributed by atoms with Gasteiger partial charge in [0.1, 0.15) is 5.76 Å². The largest absolute Gasteiger partial charge is 0.467 e. The van der Waals surface area contributed by atoms with E-state index in [-0.39, 0.29) is 6.04 Å².